The number of aromatic nitrogens is 2. The number of anilines is 1. The van der Waals surface area contributed by atoms with E-state index < -0.39 is 0 Å². The van der Waals surface area contributed by atoms with Crippen LogP contribution in [0.1, 0.15) is 15.9 Å². The van der Waals surface area contributed by atoms with Gasteiger partial charge in [-0.3, -0.25) is 9.48 Å². The van der Waals surface area contributed by atoms with Crippen molar-refractivity contribution in [3.63, 3.8) is 0 Å². The molecule has 17 heavy (non-hydrogen) atoms. The van der Waals surface area contributed by atoms with Crippen molar-refractivity contribution >= 4 is 23.7 Å². The van der Waals surface area contributed by atoms with Gasteiger partial charge >= 0.3 is 0 Å². The molecule has 0 fully saturated rings. The normalized spacial score (nSPS) is 10.5. The number of carbonyl (C=O) groups excluding carboxylic acids is 1. The lowest BCUT2D eigenvalue weighted by Crippen LogP contribution is -1.98. The quantitative estimate of drug-likeness (QED) is 0.832. The molecule has 2 N–H and O–H groups in total. The van der Waals surface area contributed by atoms with E-state index in [2.05, 4.69) is 5.10 Å². The minimum absolute atomic E-state index is 0.356. The number of halogens is 1. The average Bonchev–Trinajstić information content (AvgIpc) is 2.58. The number of nitrogens with zero attached hydrogens (tertiary/aromatic N) is 2. The molecular weight excluding hydrogens is 238 g/mol. The molecule has 0 aliphatic heterocycles. The number of aryl methyl sites for hydroxylation is 2. The highest BCUT2D eigenvalue weighted by Crippen LogP contribution is 2.29. The van der Waals surface area contributed by atoms with Gasteiger partial charge in [-0.15, -0.1) is 0 Å². The number of rotatable bonds is 2. The highest BCUT2D eigenvalue weighted by molar-refractivity contribution is 6.30. The first-order valence-electron chi connectivity index (χ1n) is 5.08. The van der Waals surface area contributed by atoms with Crippen molar-refractivity contribution in [1.29, 1.82) is 0 Å². The van der Waals surface area contributed by atoms with Crippen molar-refractivity contribution < 1.29 is 4.79 Å². The first-order valence-corrected chi connectivity index (χ1v) is 5.46. The number of nitrogen functional groups attached to an aromatic ring is 1. The van der Waals surface area contributed by atoms with Crippen LogP contribution in [0.4, 0.5) is 5.82 Å². The summed E-state index contributed by atoms with van der Waals surface area (Å²) in [7, 11) is 1.70. The van der Waals surface area contributed by atoms with Crippen molar-refractivity contribution in [2.75, 3.05) is 5.73 Å². The minimum Gasteiger partial charge on any atom is -0.383 e. The van der Waals surface area contributed by atoms with E-state index in [-0.39, 0.29) is 0 Å². The number of hydrogen-bond acceptors (Lipinski definition) is 3. The lowest BCUT2D eigenvalue weighted by atomic mass is 10.0. The summed E-state index contributed by atoms with van der Waals surface area (Å²) in [5, 5.41) is 4.86. The first-order chi connectivity index (χ1) is 8.04. The Hall–Kier alpha value is -1.81. The number of aldehydes is 1. The van der Waals surface area contributed by atoms with Gasteiger partial charge in [0.05, 0.1) is 5.56 Å². The van der Waals surface area contributed by atoms with Gasteiger partial charge in [-0.1, -0.05) is 17.7 Å². The molecule has 0 atom stereocenters. The number of nitrogens with two attached hydrogens (primary N) is 1. The summed E-state index contributed by atoms with van der Waals surface area (Å²) in [6.45, 7) is 1.94. The molecule has 2 rings (SSSR count). The van der Waals surface area contributed by atoms with E-state index in [1.54, 1.807) is 19.2 Å². The second-order valence-corrected chi connectivity index (χ2v) is 4.28. The summed E-state index contributed by atoms with van der Waals surface area (Å²) in [6.07, 6.45) is 0.720. The zero-order valence-corrected chi connectivity index (χ0v) is 10.3. The predicted octanol–water partition coefficient (Wildman–Crippen LogP) is 2.44. The standard InChI is InChI=1S/C12H12ClN3O/c1-7-3-4-8(13)5-9(7)11-10(6-17)12(14)16(2)15-11/h3-6H,14H2,1-2H3. The Balaban J connectivity index is 2.72. The fourth-order valence-electron chi connectivity index (χ4n) is 1.72. The lowest BCUT2D eigenvalue weighted by molar-refractivity contribution is 0.112. The van der Waals surface area contributed by atoms with E-state index in [4.69, 9.17) is 17.3 Å². The zero-order valence-electron chi connectivity index (χ0n) is 9.57. The summed E-state index contributed by atoms with van der Waals surface area (Å²) in [6, 6.07) is 5.47. The zero-order chi connectivity index (χ0) is 12.6. The van der Waals surface area contributed by atoms with E-state index in [0.717, 1.165) is 17.4 Å². The third-order valence-corrected chi connectivity index (χ3v) is 2.94. The van der Waals surface area contributed by atoms with Crippen LogP contribution in [0.15, 0.2) is 18.2 Å². The smallest absolute Gasteiger partial charge is 0.156 e. The van der Waals surface area contributed by atoms with Gasteiger partial charge in [0.15, 0.2) is 6.29 Å². The van der Waals surface area contributed by atoms with Gasteiger partial charge in [-0.25, -0.2) is 0 Å². The molecule has 1 aromatic carbocycles. The topological polar surface area (TPSA) is 60.9 Å². The Morgan fingerprint density at radius 2 is 2.18 bits per heavy atom. The van der Waals surface area contributed by atoms with Crippen LogP contribution >= 0.6 is 11.6 Å². The molecule has 0 saturated carbocycles. The molecule has 0 bridgehead atoms. The molecule has 0 aliphatic carbocycles. The molecule has 5 heteroatoms. The van der Waals surface area contributed by atoms with E-state index in [1.165, 1.54) is 4.68 Å². The molecule has 1 heterocycles. The summed E-state index contributed by atoms with van der Waals surface area (Å²) in [5.41, 5.74) is 8.57. The van der Waals surface area contributed by atoms with E-state index >= 15 is 0 Å². The van der Waals surface area contributed by atoms with E-state index in [0.29, 0.717) is 22.1 Å². The van der Waals surface area contributed by atoms with Gasteiger partial charge in [-0.2, -0.15) is 5.10 Å². The third kappa shape index (κ3) is 1.91. The summed E-state index contributed by atoms with van der Waals surface area (Å²) in [4.78, 5) is 11.1. The van der Waals surface area contributed by atoms with Crippen molar-refractivity contribution in [3.05, 3.63) is 34.3 Å². The van der Waals surface area contributed by atoms with Crippen LogP contribution in [0.2, 0.25) is 5.02 Å². The van der Waals surface area contributed by atoms with Crippen molar-refractivity contribution in [2.45, 2.75) is 6.92 Å². The molecule has 0 saturated heterocycles. The second-order valence-electron chi connectivity index (χ2n) is 3.85. The number of carbonyl (C=O) groups is 1. The molecule has 0 unspecified atom stereocenters. The van der Waals surface area contributed by atoms with Gasteiger partial charge in [0.2, 0.25) is 0 Å². The highest BCUT2D eigenvalue weighted by Gasteiger charge is 2.16. The van der Waals surface area contributed by atoms with Crippen LogP contribution in [-0.4, -0.2) is 16.1 Å². The maximum atomic E-state index is 11.1. The highest BCUT2D eigenvalue weighted by atomic mass is 35.5. The van der Waals surface area contributed by atoms with Crippen LogP contribution in [0.5, 0.6) is 0 Å². The molecule has 0 radical (unpaired) electrons. The van der Waals surface area contributed by atoms with E-state index in [1.807, 2.05) is 13.0 Å². The number of benzene rings is 1. The van der Waals surface area contributed by atoms with Crippen molar-refractivity contribution in [2.24, 2.45) is 7.05 Å². The molecule has 1 aromatic heterocycles. The van der Waals surface area contributed by atoms with Crippen LogP contribution in [0, 0.1) is 6.92 Å². The minimum atomic E-state index is 0.356. The Bertz CT molecular complexity index is 590. The van der Waals surface area contributed by atoms with Gasteiger partial charge in [-0.05, 0) is 24.6 Å². The maximum absolute atomic E-state index is 11.1. The predicted molar refractivity (Wildman–Crippen MR) is 68.2 cm³/mol. The van der Waals surface area contributed by atoms with Gasteiger partial charge < -0.3 is 5.73 Å². The van der Waals surface area contributed by atoms with E-state index in [9.17, 15) is 4.79 Å². The van der Waals surface area contributed by atoms with Crippen molar-refractivity contribution in [1.82, 2.24) is 9.78 Å². The molecule has 0 amide bonds. The van der Waals surface area contributed by atoms with Crippen LogP contribution in [0.25, 0.3) is 11.3 Å². The number of hydrogen-bond donors (Lipinski definition) is 1. The Morgan fingerprint density at radius 3 is 2.82 bits per heavy atom. The summed E-state index contributed by atoms with van der Waals surface area (Å²) in [5.74, 6) is 0.356. The fourth-order valence-corrected chi connectivity index (χ4v) is 1.89. The molecule has 2 aromatic rings. The molecule has 88 valence electrons. The van der Waals surface area contributed by atoms with Crippen LogP contribution < -0.4 is 5.73 Å². The Kier molecular flexibility index (Phi) is 2.90. The lowest BCUT2D eigenvalue weighted by Gasteiger charge is -2.03. The largest absolute Gasteiger partial charge is 0.383 e. The van der Waals surface area contributed by atoms with Crippen molar-refractivity contribution in [3.8, 4) is 11.3 Å². The summed E-state index contributed by atoms with van der Waals surface area (Å²) >= 11 is 5.95. The van der Waals surface area contributed by atoms with Crippen LogP contribution in [0.3, 0.4) is 0 Å². The fraction of sp³-hybridized carbons (Fsp3) is 0.167. The second kappa shape index (κ2) is 4.22. The van der Waals surface area contributed by atoms with Gasteiger partial charge in [0.25, 0.3) is 0 Å². The SMILES string of the molecule is Cc1ccc(Cl)cc1-c1nn(C)c(N)c1C=O. The van der Waals surface area contributed by atoms with Gasteiger partial charge in [0.1, 0.15) is 11.5 Å². The first kappa shape index (κ1) is 11.7. The van der Waals surface area contributed by atoms with Gasteiger partial charge in [0, 0.05) is 17.6 Å². The molecular formula is C12H12ClN3O. The molecule has 0 spiro atoms. The third-order valence-electron chi connectivity index (χ3n) is 2.70. The Morgan fingerprint density at radius 1 is 1.47 bits per heavy atom. The monoisotopic (exact) mass is 249 g/mol. The summed E-state index contributed by atoms with van der Waals surface area (Å²) < 4.78 is 1.49. The molecule has 0 aliphatic rings. The Labute approximate surface area is 104 Å². The maximum Gasteiger partial charge on any atom is 0.156 e. The molecule has 4 nitrogen and oxygen atoms in total. The average molecular weight is 250 g/mol. The van der Waals surface area contributed by atoms with Crippen LogP contribution in [-0.2, 0) is 7.05 Å².